The lowest BCUT2D eigenvalue weighted by Crippen LogP contribution is -2.31. The van der Waals surface area contributed by atoms with Gasteiger partial charge in [-0.2, -0.15) is 0 Å². The molecule has 0 amide bonds. The minimum atomic E-state index is -0.569. The van der Waals surface area contributed by atoms with Gasteiger partial charge in [-0.1, -0.05) is 25.2 Å². The normalized spacial score (nSPS) is 34.2. The fourth-order valence-corrected chi connectivity index (χ4v) is 1.99. The molecule has 0 aromatic carbocycles. The van der Waals surface area contributed by atoms with E-state index in [1.165, 1.54) is 11.1 Å². The van der Waals surface area contributed by atoms with Crippen molar-refractivity contribution in [2.45, 2.75) is 45.6 Å². The summed E-state index contributed by atoms with van der Waals surface area (Å²) < 4.78 is 0. The van der Waals surface area contributed by atoms with Crippen LogP contribution >= 0.6 is 0 Å². The molecule has 1 heteroatoms. The number of allylic oxidation sites excluding steroid dienone is 2. The van der Waals surface area contributed by atoms with E-state index >= 15 is 0 Å². The molecular weight excluding hydrogens is 160 g/mol. The standard InChI is InChI=1S/C12H20O/c1-5-11-8-10(9(2)3)6-7-12(11,4)13/h8,10,13H,2,5-7H2,1,3-4H3/t10-,12+/m1/s1. The van der Waals surface area contributed by atoms with Crippen molar-refractivity contribution in [3.8, 4) is 0 Å². The summed E-state index contributed by atoms with van der Waals surface area (Å²) in [4.78, 5) is 0. The second-order valence-electron chi connectivity index (χ2n) is 4.31. The number of rotatable bonds is 2. The Hall–Kier alpha value is -0.560. The highest BCUT2D eigenvalue weighted by atomic mass is 16.3. The Kier molecular flexibility index (Phi) is 2.97. The van der Waals surface area contributed by atoms with Crippen LogP contribution in [0.4, 0.5) is 0 Å². The van der Waals surface area contributed by atoms with Gasteiger partial charge in [0.2, 0.25) is 0 Å². The lowest BCUT2D eigenvalue weighted by molar-refractivity contribution is 0.0737. The van der Waals surface area contributed by atoms with E-state index in [4.69, 9.17) is 0 Å². The smallest absolute Gasteiger partial charge is 0.0829 e. The molecule has 0 saturated carbocycles. The van der Waals surface area contributed by atoms with Crippen LogP contribution in [0.3, 0.4) is 0 Å². The first-order valence-electron chi connectivity index (χ1n) is 5.06. The van der Waals surface area contributed by atoms with Crippen molar-refractivity contribution in [2.75, 3.05) is 0 Å². The van der Waals surface area contributed by atoms with Crippen LogP contribution in [0, 0.1) is 5.92 Å². The number of hydrogen-bond acceptors (Lipinski definition) is 1. The predicted molar refractivity (Wildman–Crippen MR) is 56.5 cm³/mol. The molecule has 0 spiro atoms. The summed E-state index contributed by atoms with van der Waals surface area (Å²) in [5.41, 5.74) is 1.81. The summed E-state index contributed by atoms with van der Waals surface area (Å²) in [7, 11) is 0. The van der Waals surface area contributed by atoms with E-state index < -0.39 is 5.60 Å². The highest BCUT2D eigenvalue weighted by Gasteiger charge is 2.30. The maximum Gasteiger partial charge on any atom is 0.0829 e. The van der Waals surface area contributed by atoms with Gasteiger partial charge in [0.25, 0.3) is 0 Å². The third-order valence-corrected chi connectivity index (χ3v) is 3.05. The van der Waals surface area contributed by atoms with Gasteiger partial charge in [0.1, 0.15) is 0 Å². The molecule has 0 radical (unpaired) electrons. The van der Waals surface area contributed by atoms with Crippen molar-refractivity contribution in [1.29, 1.82) is 0 Å². The van der Waals surface area contributed by atoms with E-state index in [9.17, 15) is 5.11 Å². The van der Waals surface area contributed by atoms with Crippen LogP contribution in [0.5, 0.6) is 0 Å². The second kappa shape index (κ2) is 3.67. The molecule has 2 atom stereocenters. The zero-order valence-corrected chi connectivity index (χ0v) is 8.93. The Morgan fingerprint density at radius 2 is 2.38 bits per heavy atom. The SMILES string of the molecule is C=C(C)[C@H]1C=C(CC)[C@@](C)(O)CC1. The van der Waals surface area contributed by atoms with Crippen molar-refractivity contribution < 1.29 is 5.11 Å². The summed E-state index contributed by atoms with van der Waals surface area (Å²) >= 11 is 0. The molecular formula is C12H20O. The molecule has 0 bridgehead atoms. The van der Waals surface area contributed by atoms with Gasteiger partial charge in [-0.15, -0.1) is 0 Å². The Bertz CT molecular complexity index is 236. The molecule has 13 heavy (non-hydrogen) atoms. The average Bonchev–Trinajstić information content (AvgIpc) is 2.03. The molecule has 74 valence electrons. The van der Waals surface area contributed by atoms with Crippen LogP contribution in [-0.2, 0) is 0 Å². The van der Waals surface area contributed by atoms with Crippen molar-refractivity contribution in [2.24, 2.45) is 5.92 Å². The van der Waals surface area contributed by atoms with Gasteiger partial charge in [-0.05, 0) is 44.6 Å². The molecule has 1 aliphatic carbocycles. The van der Waals surface area contributed by atoms with Crippen LogP contribution in [0.25, 0.3) is 0 Å². The largest absolute Gasteiger partial charge is 0.386 e. The van der Waals surface area contributed by atoms with Crippen LogP contribution in [0.1, 0.15) is 40.0 Å². The highest BCUT2D eigenvalue weighted by Crippen LogP contribution is 2.35. The predicted octanol–water partition coefficient (Wildman–Crippen LogP) is 3.06. The van der Waals surface area contributed by atoms with E-state index in [1.54, 1.807) is 0 Å². The van der Waals surface area contributed by atoms with Crippen molar-refractivity contribution >= 4 is 0 Å². The molecule has 1 N–H and O–H groups in total. The van der Waals surface area contributed by atoms with E-state index in [-0.39, 0.29) is 0 Å². The highest BCUT2D eigenvalue weighted by molar-refractivity contribution is 5.24. The van der Waals surface area contributed by atoms with Crippen LogP contribution < -0.4 is 0 Å². The Morgan fingerprint density at radius 3 is 2.85 bits per heavy atom. The Balaban J connectivity index is 2.87. The van der Waals surface area contributed by atoms with Gasteiger partial charge < -0.3 is 5.11 Å². The quantitative estimate of drug-likeness (QED) is 0.647. The molecule has 0 fully saturated rings. The fourth-order valence-electron chi connectivity index (χ4n) is 1.99. The van der Waals surface area contributed by atoms with Gasteiger partial charge in [-0.25, -0.2) is 0 Å². The summed E-state index contributed by atoms with van der Waals surface area (Å²) in [6, 6.07) is 0. The fraction of sp³-hybridized carbons (Fsp3) is 0.667. The minimum Gasteiger partial charge on any atom is -0.386 e. The Labute approximate surface area is 81.2 Å². The first-order valence-corrected chi connectivity index (χ1v) is 5.06. The molecule has 0 aromatic heterocycles. The molecule has 1 nitrogen and oxygen atoms in total. The third-order valence-electron chi connectivity index (χ3n) is 3.05. The molecule has 0 saturated heterocycles. The first-order chi connectivity index (χ1) is 5.97. The van der Waals surface area contributed by atoms with Gasteiger partial charge in [0.05, 0.1) is 5.60 Å². The molecule has 0 aliphatic heterocycles. The maximum atomic E-state index is 10.0. The molecule has 0 aromatic rings. The Morgan fingerprint density at radius 1 is 1.77 bits per heavy atom. The van der Waals surface area contributed by atoms with Crippen molar-refractivity contribution in [1.82, 2.24) is 0 Å². The van der Waals surface area contributed by atoms with Crippen LogP contribution in [0.15, 0.2) is 23.8 Å². The van der Waals surface area contributed by atoms with E-state index in [1.807, 2.05) is 6.92 Å². The number of aliphatic hydroxyl groups is 1. The van der Waals surface area contributed by atoms with Gasteiger partial charge in [-0.3, -0.25) is 0 Å². The maximum absolute atomic E-state index is 10.0. The lowest BCUT2D eigenvalue weighted by Gasteiger charge is -2.33. The van der Waals surface area contributed by atoms with Crippen LogP contribution in [-0.4, -0.2) is 10.7 Å². The number of hydrogen-bond donors (Lipinski definition) is 1. The monoisotopic (exact) mass is 180 g/mol. The minimum absolute atomic E-state index is 0.482. The lowest BCUT2D eigenvalue weighted by atomic mass is 9.77. The van der Waals surface area contributed by atoms with Gasteiger partial charge >= 0.3 is 0 Å². The molecule has 0 unspecified atom stereocenters. The molecule has 1 aliphatic rings. The summed E-state index contributed by atoms with van der Waals surface area (Å²) in [6.45, 7) is 10.0. The van der Waals surface area contributed by atoms with Crippen molar-refractivity contribution in [3.05, 3.63) is 23.8 Å². The van der Waals surface area contributed by atoms with E-state index in [0.29, 0.717) is 5.92 Å². The van der Waals surface area contributed by atoms with E-state index in [2.05, 4.69) is 26.5 Å². The zero-order chi connectivity index (χ0) is 10.1. The zero-order valence-electron chi connectivity index (χ0n) is 8.93. The second-order valence-corrected chi connectivity index (χ2v) is 4.31. The van der Waals surface area contributed by atoms with Gasteiger partial charge in [0, 0.05) is 0 Å². The first kappa shape index (κ1) is 10.5. The molecule has 0 heterocycles. The third kappa shape index (κ3) is 2.22. The summed E-state index contributed by atoms with van der Waals surface area (Å²) in [5.74, 6) is 0.482. The van der Waals surface area contributed by atoms with Crippen LogP contribution in [0.2, 0.25) is 0 Å². The average molecular weight is 180 g/mol. The van der Waals surface area contributed by atoms with E-state index in [0.717, 1.165) is 19.3 Å². The topological polar surface area (TPSA) is 20.2 Å². The van der Waals surface area contributed by atoms with Crippen molar-refractivity contribution in [3.63, 3.8) is 0 Å². The summed E-state index contributed by atoms with van der Waals surface area (Å²) in [5, 5.41) is 10.0. The summed E-state index contributed by atoms with van der Waals surface area (Å²) in [6.07, 6.45) is 5.04. The van der Waals surface area contributed by atoms with Gasteiger partial charge in [0.15, 0.2) is 0 Å². The molecule has 1 rings (SSSR count).